The fourth-order valence-corrected chi connectivity index (χ4v) is 1.85. The molecule has 0 aromatic heterocycles. The third-order valence-electron chi connectivity index (χ3n) is 2.70. The summed E-state index contributed by atoms with van der Waals surface area (Å²) in [5, 5.41) is 3.42. The van der Waals surface area contributed by atoms with Gasteiger partial charge >= 0.3 is 0 Å². The Morgan fingerprint density at radius 1 is 1.21 bits per heavy atom. The molecule has 2 rings (SSSR count). The van der Waals surface area contributed by atoms with Gasteiger partial charge in [-0.3, -0.25) is 0 Å². The van der Waals surface area contributed by atoms with E-state index in [1.54, 1.807) is 0 Å². The van der Waals surface area contributed by atoms with Crippen LogP contribution in [0, 0.1) is 5.92 Å². The SMILES string of the molecule is C(=C\[C@@H]1CCCNC1)/c1ccccc1. The molecule has 1 heteroatoms. The molecule has 14 heavy (non-hydrogen) atoms. The lowest BCUT2D eigenvalue weighted by atomic mass is 9.98. The molecule has 0 unspecified atom stereocenters. The monoisotopic (exact) mass is 187 g/mol. The first-order valence-electron chi connectivity index (χ1n) is 5.39. The van der Waals surface area contributed by atoms with Crippen LogP contribution in [0.5, 0.6) is 0 Å². The lowest BCUT2D eigenvalue weighted by molar-refractivity contribution is 0.439. The summed E-state index contributed by atoms with van der Waals surface area (Å²) in [5.74, 6) is 0.726. The highest BCUT2D eigenvalue weighted by atomic mass is 14.9. The lowest BCUT2D eigenvalue weighted by Crippen LogP contribution is -2.28. The Labute approximate surface area is 85.8 Å². The summed E-state index contributed by atoms with van der Waals surface area (Å²) in [4.78, 5) is 0. The van der Waals surface area contributed by atoms with Gasteiger partial charge in [0.25, 0.3) is 0 Å². The maximum Gasteiger partial charge on any atom is 0.00143 e. The second kappa shape index (κ2) is 4.97. The third kappa shape index (κ3) is 2.71. The molecule has 1 N–H and O–H groups in total. The van der Waals surface area contributed by atoms with Crippen LogP contribution in [-0.2, 0) is 0 Å². The van der Waals surface area contributed by atoms with Crippen LogP contribution < -0.4 is 5.32 Å². The Morgan fingerprint density at radius 3 is 2.79 bits per heavy atom. The van der Waals surface area contributed by atoms with E-state index in [0.29, 0.717) is 0 Å². The van der Waals surface area contributed by atoms with Gasteiger partial charge in [0, 0.05) is 6.54 Å². The lowest BCUT2D eigenvalue weighted by Gasteiger charge is -2.19. The van der Waals surface area contributed by atoms with Gasteiger partial charge in [-0.2, -0.15) is 0 Å². The van der Waals surface area contributed by atoms with Crippen LogP contribution in [0.4, 0.5) is 0 Å². The van der Waals surface area contributed by atoms with E-state index in [9.17, 15) is 0 Å². The van der Waals surface area contributed by atoms with Crippen molar-refractivity contribution in [3.63, 3.8) is 0 Å². The van der Waals surface area contributed by atoms with E-state index in [0.717, 1.165) is 12.5 Å². The second-order valence-corrected chi connectivity index (χ2v) is 3.88. The van der Waals surface area contributed by atoms with E-state index in [1.165, 1.54) is 24.9 Å². The van der Waals surface area contributed by atoms with Crippen LogP contribution >= 0.6 is 0 Å². The zero-order chi connectivity index (χ0) is 9.64. The molecule has 1 fully saturated rings. The van der Waals surface area contributed by atoms with E-state index in [1.807, 2.05) is 0 Å². The molecule has 1 aromatic carbocycles. The summed E-state index contributed by atoms with van der Waals surface area (Å²) in [7, 11) is 0. The highest BCUT2D eigenvalue weighted by Gasteiger charge is 2.08. The van der Waals surface area contributed by atoms with Crippen molar-refractivity contribution in [3.8, 4) is 0 Å². The molecular formula is C13H17N. The zero-order valence-electron chi connectivity index (χ0n) is 8.45. The molecule has 0 amide bonds. The van der Waals surface area contributed by atoms with E-state index in [2.05, 4.69) is 47.8 Å². The minimum Gasteiger partial charge on any atom is -0.316 e. The van der Waals surface area contributed by atoms with Gasteiger partial charge in [0.15, 0.2) is 0 Å². The average Bonchev–Trinajstić information content (AvgIpc) is 2.29. The molecule has 1 atom stereocenters. The van der Waals surface area contributed by atoms with Crippen molar-refractivity contribution in [1.82, 2.24) is 5.32 Å². The Kier molecular flexibility index (Phi) is 3.36. The average molecular weight is 187 g/mol. The number of benzene rings is 1. The van der Waals surface area contributed by atoms with Crippen molar-refractivity contribution < 1.29 is 0 Å². The molecule has 1 aliphatic rings. The number of hydrogen-bond acceptors (Lipinski definition) is 1. The first kappa shape index (κ1) is 9.47. The van der Waals surface area contributed by atoms with E-state index in [-0.39, 0.29) is 0 Å². The van der Waals surface area contributed by atoms with Gasteiger partial charge in [0.05, 0.1) is 0 Å². The maximum atomic E-state index is 3.42. The van der Waals surface area contributed by atoms with Crippen molar-refractivity contribution >= 4 is 6.08 Å². The van der Waals surface area contributed by atoms with Gasteiger partial charge in [-0.05, 0) is 30.9 Å². The molecule has 0 radical (unpaired) electrons. The fraction of sp³-hybridized carbons (Fsp3) is 0.385. The Bertz CT molecular complexity index is 283. The minimum absolute atomic E-state index is 0.726. The van der Waals surface area contributed by atoms with E-state index >= 15 is 0 Å². The number of nitrogens with one attached hydrogen (secondary N) is 1. The van der Waals surface area contributed by atoms with Crippen molar-refractivity contribution in [1.29, 1.82) is 0 Å². The number of hydrogen-bond donors (Lipinski definition) is 1. The molecule has 1 aromatic rings. The van der Waals surface area contributed by atoms with Gasteiger partial charge in [0.2, 0.25) is 0 Å². The normalized spacial score (nSPS) is 22.7. The smallest absolute Gasteiger partial charge is 0.00143 e. The molecule has 1 nitrogen and oxygen atoms in total. The van der Waals surface area contributed by atoms with Crippen LogP contribution in [0.1, 0.15) is 18.4 Å². The summed E-state index contributed by atoms with van der Waals surface area (Å²) in [6.07, 6.45) is 7.21. The summed E-state index contributed by atoms with van der Waals surface area (Å²) >= 11 is 0. The molecule has 0 aliphatic carbocycles. The predicted octanol–water partition coefficient (Wildman–Crippen LogP) is 2.70. The van der Waals surface area contributed by atoms with Gasteiger partial charge in [-0.15, -0.1) is 0 Å². The topological polar surface area (TPSA) is 12.0 Å². The molecule has 1 saturated heterocycles. The minimum atomic E-state index is 0.726. The summed E-state index contributed by atoms with van der Waals surface area (Å²) < 4.78 is 0. The van der Waals surface area contributed by atoms with Gasteiger partial charge in [-0.1, -0.05) is 42.5 Å². The predicted molar refractivity (Wildman–Crippen MR) is 61.1 cm³/mol. The summed E-state index contributed by atoms with van der Waals surface area (Å²) in [6.45, 7) is 2.33. The molecule has 1 aliphatic heterocycles. The van der Waals surface area contributed by atoms with E-state index < -0.39 is 0 Å². The van der Waals surface area contributed by atoms with Gasteiger partial charge in [0.1, 0.15) is 0 Å². The number of piperidine rings is 1. The Morgan fingerprint density at radius 2 is 2.07 bits per heavy atom. The standard InChI is InChI=1S/C13H17N/c1-2-5-12(6-3-1)8-9-13-7-4-10-14-11-13/h1-3,5-6,8-9,13-14H,4,7,10-11H2/b9-8+/t13-/m0/s1. The molecule has 0 spiro atoms. The highest BCUT2D eigenvalue weighted by Crippen LogP contribution is 2.13. The summed E-state index contributed by atoms with van der Waals surface area (Å²) in [5.41, 5.74) is 1.30. The molecular weight excluding hydrogens is 170 g/mol. The molecule has 0 saturated carbocycles. The van der Waals surface area contributed by atoms with Crippen LogP contribution in [0.25, 0.3) is 6.08 Å². The largest absolute Gasteiger partial charge is 0.316 e. The molecule has 0 bridgehead atoms. The van der Waals surface area contributed by atoms with Gasteiger partial charge in [-0.25, -0.2) is 0 Å². The van der Waals surface area contributed by atoms with Crippen LogP contribution in [0.15, 0.2) is 36.4 Å². The molecule has 74 valence electrons. The molecule has 1 heterocycles. The van der Waals surface area contributed by atoms with Crippen molar-refractivity contribution in [2.75, 3.05) is 13.1 Å². The first-order chi connectivity index (χ1) is 6.95. The zero-order valence-corrected chi connectivity index (χ0v) is 8.45. The highest BCUT2D eigenvalue weighted by molar-refractivity contribution is 5.48. The van der Waals surface area contributed by atoms with Crippen LogP contribution in [-0.4, -0.2) is 13.1 Å². The van der Waals surface area contributed by atoms with E-state index in [4.69, 9.17) is 0 Å². The fourth-order valence-electron chi connectivity index (χ4n) is 1.85. The van der Waals surface area contributed by atoms with Crippen LogP contribution in [0.3, 0.4) is 0 Å². The van der Waals surface area contributed by atoms with Crippen molar-refractivity contribution in [2.45, 2.75) is 12.8 Å². The van der Waals surface area contributed by atoms with Crippen molar-refractivity contribution in [3.05, 3.63) is 42.0 Å². The van der Waals surface area contributed by atoms with Gasteiger partial charge < -0.3 is 5.32 Å². The van der Waals surface area contributed by atoms with Crippen molar-refractivity contribution in [2.24, 2.45) is 5.92 Å². The second-order valence-electron chi connectivity index (χ2n) is 3.88. The quantitative estimate of drug-likeness (QED) is 0.750. The summed E-state index contributed by atoms with van der Waals surface area (Å²) in [6, 6.07) is 10.5. The third-order valence-corrected chi connectivity index (χ3v) is 2.70. The maximum absolute atomic E-state index is 3.42. The van der Waals surface area contributed by atoms with Crippen LogP contribution in [0.2, 0.25) is 0 Å². The number of rotatable bonds is 2. The first-order valence-corrected chi connectivity index (χ1v) is 5.39. The Hall–Kier alpha value is -1.08. The Balaban J connectivity index is 1.93.